The van der Waals surface area contributed by atoms with E-state index in [1.165, 1.54) is 4.68 Å². The second-order valence-corrected chi connectivity index (χ2v) is 5.38. The molecule has 2 rings (SSSR count). The number of anilines is 1. The van der Waals surface area contributed by atoms with Crippen molar-refractivity contribution in [2.75, 3.05) is 18.8 Å². The summed E-state index contributed by atoms with van der Waals surface area (Å²) in [5, 5.41) is 4.16. The van der Waals surface area contributed by atoms with Crippen molar-refractivity contribution in [3.05, 3.63) is 11.4 Å². The van der Waals surface area contributed by atoms with Crippen LogP contribution in [0, 0.1) is 12.8 Å². The van der Waals surface area contributed by atoms with Gasteiger partial charge in [0.2, 0.25) is 5.91 Å². The van der Waals surface area contributed by atoms with Crippen molar-refractivity contribution < 1.29 is 9.59 Å². The Labute approximate surface area is 117 Å². The summed E-state index contributed by atoms with van der Waals surface area (Å²) >= 11 is 0. The SMILES string of the molecule is Cc1nn(C)c(C(=O)N2CCC(CC(N)=O)CC2)c1N. The molecule has 0 atom stereocenters. The highest BCUT2D eigenvalue weighted by atomic mass is 16.2. The maximum absolute atomic E-state index is 12.5. The fourth-order valence-electron chi connectivity index (χ4n) is 2.70. The third-order valence-electron chi connectivity index (χ3n) is 3.86. The Morgan fingerprint density at radius 2 is 1.95 bits per heavy atom. The molecule has 7 nitrogen and oxygen atoms in total. The molecule has 0 unspecified atom stereocenters. The molecule has 4 N–H and O–H groups in total. The first-order chi connectivity index (χ1) is 9.40. The average Bonchev–Trinajstić information content (AvgIpc) is 2.63. The van der Waals surface area contributed by atoms with Crippen molar-refractivity contribution in [2.24, 2.45) is 18.7 Å². The molecule has 2 amide bonds. The molecule has 1 aliphatic rings. The first kappa shape index (κ1) is 14.4. The summed E-state index contributed by atoms with van der Waals surface area (Å²) in [7, 11) is 1.72. The Kier molecular flexibility index (Phi) is 3.96. The van der Waals surface area contributed by atoms with E-state index in [2.05, 4.69) is 5.10 Å². The molecule has 1 aromatic heterocycles. The number of aryl methyl sites for hydroxylation is 2. The Morgan fingerprint density at radius 3 is 2.40 bits per heavy atom. The molecule has 0 bridgehead atoms. The fourth-order valence-corrected chi connectivity index (χ4v) is 2.70. The number of carbonyl (C=O) groups is 2. The second kappa shape index (κ2) is 5.52. The summed E-state index contributed by atoms with van der Waals surface area (Å²) in [4.78, 5) is 25.2. The number of amides is 2. The normalized spacial score (nSPS) is 16.4. The number of nitrogens with two attached hydrogens (primary N) is 2. The van der Waals surface area contributed by atoms with Crippen LogP contribution in [0.15, 0.2) is 0 Å². The standard InChI is InChI=1S/C13H21N5O2/c1-8-11(15)12(17(2)16-8)13(20)18-5-3-9(4-6-18)7-10(14)19/h9H,3-7,15H2,1-2H3,(H2,14,19). The van der Waals surface area contributed by atoms with Gasteiger partial charge in [0, 0.05) is 26.6 Å². The minimum absolute atomic E-state index is 0.0943. The maximum Gasteiger partial charge on any atom is 0.274 e. The number of hydrogen-bond acceptors (Lipinski definition) is 4. The number of piperidine rings is 1. The predicted octanol–water partition coefficient (Wildman–Crippen LogP) is 0.0383. The minimum atomic E-state index is -0.277. The first-order valence-corrected chi connectivity index (χ1v) is 6.76. The second-order valence-electron chi connectivity index (χ2n) is 5.38. The molecule has 1 aliphatic heterocycles. The first-order valence-electron chi connectivity index (χ1n) is 6.76. The highest BCUT2D eigenvalue weighted by Gasteiger charge is 2.28. The highest BCUT2D eigenvalue weighted by Crippen LogP contribution is 2.23. The zero-order valence-corrected chi connectivity index (χ0v) is 11.9. The van der Waals surface area contributed by atoms with Gasteiger partial charge < -0.3 is 16.4 Å². The van der Waals surface area contributed by atoms with Crippen LogP contribution in [0.2, 0.25) is 0 Å². The van der Waals surface area contributed by atoms with Gasteiger partial charge in [-0.3, -0.25) is 14.3 Å². The molecule has 0 saturated carbocycles. The van der Waals surface area contributed by atoms with Crippen LogP contribution in [0.3, 0.4) is 0 Å². The zero-order chi connectivity index (χ0) is 14.9. The van der Waals surface area contributed by atoms with Gasteiger partial charge in [0.15, 0.2) is 0 Å². The van der Waals surface area contributed by atoms with Gasteiger partial charge in [0.1, 0.15) is 5.69 Å². The minimum Gasteiger partial charge on any atom is -0.395 e. The fraction of sp³-hybridized carbons (Fsp3) is 0.615. The molecule has 0 radical (unpaired) electrons. The number of carbonyl (C=O) groups excluding carboxylic acids is 2. The number of nitrogens with zero attached hydrogens (tertiary/aromatic N) is 3. The Hall–Kier alpha value is -2.05. The smallest absolute Gasteiger partial charge is 0.274 e. The molecular formula is C13H21N5O2. The van der Waals surface area contributed by atoms with Crippen LogP contribution in [0.1, 0.15) is 35.4 Å². The molecule has 20 heavy (non-hydrogen) atoms. The van der Waals surface area contributed by atoms with Gasteiger partial charge in [-0.2, -0.15) is 5.10 Å². The molecule has 0 aromatic carbocycles. The van der Waals surface area contributed by atoms with Crippen molar-refractivity contribution in [1.82, 2.24) is 14.7 Å². The lowest BCUT2D eigenvalue weighted by atomic mass is 9.93. The molecule has 0 spiro atoms. The van der Waals surface area contributed by atoms with E-state index >= 15 is 0 Å². The van der Waals surface area contributed by atoms with Gasteiger partial charge in [-0.15, -0.1) is 0 Å². The summed E-state index contributed by atoms with van der Waals surface area (Å²) in [6.45, 7) is 3.03. The molecule has 1 aromatic rings. The number of likely N-dealkylation sites (tertiary alicyclic amines) is 1. The van der Waals surface area contributed by atoms with Gasteiger partial charge in [0.25, 0.3) is 5.91 Å². The summed E-state index contributed by atoms with van der Waals surface area (Å²) in [5.41, 5.74) is 12.7. The summed E-state index contributed by atoms with van der Waals surface area (Å²) < 4.78 is 1.53. The highest BCUT2D eigenvalue weighted by molar-refractivity contribution is 5.98. The molecule has 1 fully saturated rings. The van der Waals surface area contributed by atoms with Crippen molar-refractivity contribution in [3.63, 3.8) is 0 Å². The lowest BCUT2D eigenvalue weighted by Crippen LogP contribution is -2.40. The van der Waals surface area contributed by atoms with Gasteiger partial charge >= 0.3 is 0 Å². The summed E-state index contributed by atoms with van der Waals surface area (Å²) in [5.74, 6) is -0.0911. The molecule has 2 heterocycles. The van der Waals surface area contributed by atoms with Crippen LogP contribution in [0.4, 0.5) is 5.69 Å². The molecule has 110 valence electrons. The van der Waals surface area contributed by atoms with Crippen LogP contribution in [0.5, 0.6) is 0 Å². The number of primary amides is 1. The summed E-state index contributed by atoms with van der Waals surface area (Å²) in [6.07, 6.45) is 1.99. The van der Waals surface area contributed by atoms with Crippen LogP contribution >= 0.6 is 0 Å². The lowest BCUT2D eigenvalue weighted by molar-refractivity contribution is -0.119. The largest absolute Gasteiger partial charge is 0.395 e. The molecule has 0 aliphatic carbocycles. The molecule has 7 heteroatoms. The Balaban J connectivity index is 2.03. The van der Waals surface area contributed by atoms with Gasteiger partial charge in [-0.25, -0.2) is 0 Å². The van der Waals surface area contributed by atoms with E-state index in [4.69, 9.17) is 11.5 Å². The number of rotatable bonds is 3. The van der Waals surface area contributed by atoms with E-state index in [-0.39, 0.29) is 17.7 Å². The summed E-state index contributed by atoms with van der Waals surface area (Å²) in [6, 6.07) is 0. The van der Waals surface area contributed by atoms with E-state index in [0.29, 0.717) is 36.6 Å². The average molecular weight is 279 g/mol. The quantitative estimate of drug-likeness (QED) is 0.814. The maximum atomic E-state index is 12.5. The van der Waals surface area contributed by atoms with Crippen LogP contribution < -0.4 is 11.5 Å². The Bertz CT molecular complexity index is 529. The molecular weight excluding hydrogens is 258 g/mol. The van der Waals surface area contributed by atoms with E-state index in [1.54, 1.807) is 18.9 Å². The monoisotopic (exact) mass is 279 g/mol. The van der Waals surface area contributed by atoms with Crippen molar-refractivity contribution >= 4 is 17.5 Å². The van der Waals surface area contributed by atoms with E-state index in [9.17, 15) is 9.59 Å². The van der Waals surface area contributed by atoms with Gasteiger partial charge in [-0.1, -0.05) is 0 Å². The van der Waals surface area contributed by atoms with Crippen LogP contribution in [-0.4, -0.2) is 39.6 Å². The van der Waals surface area contributed by atoms with Crippen LogP contribution in [-0.2, 0) is 11.8 Å². The number of hydrogen-bond donors (Lipinski definition) is 2. The van der Waals surface area contributed by atoms with Crippen LogP contribution in [0.25, 0.3) is 0 Å². The Morgan fingerprint density at radius 1 is 1.35 bits per heavy atom. The van der Waals surface area contributed by atoms with E-state index in [1.807, 2.05) is 0 Å². The van der Waals surface area contributed by atoms with E-state index < -0.39 is 0 Å². The van der Waals surface area contributed by atoms with Crippen molar-refractivity contribution in [1.29, 1.82) is 0 Å². The number of aromatic nitrogens is 2. The third kappa shape index (κ3) is 2.76. The van der Waals surface area contributed by atoms with Gasteiger partial charge in [0.05, 0.1) is 11.4 Å². The third-order valence-corrected chi connectivity index (χ3v) is 3.86. The topological polar surface area (TPSA) is 107 Å². The van der Waals surface area contributed by atoms with Gasteiger partial charge in [-0.05, 0) is 25.7 Å². The van der Waals surface area contributed by atoms with Crippen molar-refractivity contribution in [2.45, 2.75) is 26.2 Å². The lowest BCUT2D eigenvalue weighted by Gasteiger charge is -2.31. The predicted molar refractivity (Wildman–Crippen MR) is 74.8 cm³/mol. The number of nitrogen functional groups attached to an aromatic ring is 1. The van der Waals surface area contributed by atoms with E-state index in [0.717, 1.165) is 12.8 Å². The molecule has 1 saturated heterocycles. The zero-order valence-electron chi connectivity index (χ0n) is 11.9. The van der Waals surface area contributed by atoms with Crippen molar-refractivity contribution in [3.8, 4) is 0 Å².